The summed E-state index contributed by atoms with van der Waals surface area (Å²) >= 11 is 6.97. The summed E-state index contributed by atoms with van der Waals surface area (Å²) in [6.07, 6.45) is 0.657. The Morgan fingerprint density at radius 1 is 1.29 bits per heavy atom. The maximum atomic E-state index is 11.5. The molecule has 1 rings (SSSR count). The molecule has 0 N–H and O–H groups in total. The van der Waals surface area contributed by atoms with Crippen molar-refractivity contribution in [1.82, 2.24) is 0 Å². The summed E-state index contributed by atoms with van der Waals surface area (Å²) in [6, 6.07) is 7.96. The highest BCUT2D eigenvalue weighted by Gasteiger charge is 2.16. The van der Waals surface area contributed by atoms with Gasteiger partial charge in [-0.05, 0) is 24.0 Å². The molecule has 0 aliphatic heterocycles. The Hall–Kier alpha value is 0.130. The molecule has 0 amide bonds. The average molecular weight is 384 g/mol. The van der Waals surface area contributed by atoms with Crippen LogP contribution in [0.4, 0.5) is 0 Å². The maximum absolute atomic E-state index is 11.5. The van der Waals surface area contributed by atoms with Crippen LogP contribution in [0.15, 0.2) is 28.7 Å². The van der Waals surface area contributed by atoms with E-state index >= 15 is 0 Å². The molecule has 0 aliphatic rings. The molecule has 1 aromatic rings. The van der Waals surface area contributed by atoms with E-state index in [0.717, 1.165) is 15.4 Å². The molecular weight excluding hydrogens is 368 g/mol. The first kappa shape index (κ1) is 15.2. The average Bonchev–Trinajstić information content (AvgIpc) is 2.32. The second-order valence-electron chi connectivity index (χ2n) is 3.90. The van der Waals surface area contributed by atoms with E-state index in [9.17, 15) is 8.42 Å². The van der Waals surface area contributed by atoms with Crippen molar-refractivity contribution in [3.63, 3.8) is 0 Å². The molecule has 0 radical (unpaired) electrons. The van der Waals surface area contributed by atoms with Crippen molar-refractivity contribution in [2.45, 2.75) is 19.3 Å². The fourth-order valence-electron chi connectivity index (χ4n) is 1.59. The summed E-state index contributed by atoms with van der Waals surface area (Å²) < 4.78 is 24.1. The summed E-state index contributed by atoms with van der Waals surface area (Å²) in [5, 5.41) is 0.773. The van der Waals surface area contributed by atoms with Gasteiger partial charge in [0.2, 0.25) is 0 Å². The highest BCUT2D eigenvalue weighted by molar-refractivity contribution is 9.10. The van der Waals surface area contributed by atoms with Gasteiger partial charge in [0.15, 0.2) is 0 Å². The van der Waals surface area contributed by atoms with Crippen LogP contribution in [0.3, 0.4) is 0 Å². The van der Waals surface area contributed by atoms with E-state index in [2.05, 4.69) is 31.9 Å². The maximum Gasteiger partial charge on any atom is 0.150 e. The monoisotopic (exact) mass is 382 g/mol. The lowest BCUT2D eigenvalue weighted by atomic mass is 9.99. The molecule has 1 aromatic carbocycles. The molecule has 0 fully saturated rings. The molecule has 5 heteroatoms. The van der Waals surface area contributed by atoms with Crippen molar-refractivity contribution >= 4 is 41.7 Å². The van der Waals surface area contributed by atoms with Crippen LogP contribution in [0.1, 0.15) is 24.8 Å². The van der Waals surface area contributed by atoms with E-state index in [-0.39, 0.29) is 17.4 Å². The van der Waals surface area contributed by atoms with E-state index < -0.39 is 9.84 Å². The summed E-state index contributed by atoms with van der Waals surface area (Å²) in [4.78, 5) is 0. The fourth-order valence-corrected chi connectivity index (χ4v) is 3.80. The smallest absolute Gasteiger partial charge is 0.150 e. The Morgan fingerprint density at radius 3 is 2.47 bits per heavy atom. The van der Waals surface area contributed by atoms with E-state index in [1.165, 1.54) is 0 Å². The number of alkyl halides is 1. The minimum absolute atomic E-state index is 0.220. The second kappa shape index (κ2) is 6.90. The molecule has 0 bridgehead atoms. The summed E-state index contributed by atoms with van der Waals surface area (Å²) in [6.45, 7) is 1.69. The van der Waals surface area contributed by atoms with Crippen LogP contribution < -0.4 is 0 Å². The van der Waals surface area contributed by atoms with Crippen LogP contribution in [0.2, 0.25) is 0 Å². The fraction of sp³-hybridized carbons (Fsp3) is 0.500. The largest absolute Gasteiger partial charge is 0.229 e. The molecule has 96 valence electrons. The highest BCUT2D eigenvalue weighted by Crippen LogP contribution is 2.29. The summed E-state index contributed by atoms with van der Waals surface area (Å²) in [7, 11) is -2.88. The minimum Gasteiger partial charge on any atom is -0.229 e. The minimum atomic E-state index is -2.88. The number of hydrogen-bond acceptors (Lipinski definition) is 2. The lowest BCUT2D eigenvalue weighted by molar-refractivity contribution is 0.590. The van der Waals surface area contributed by atoms with Crippen LogP contribution in [0.25, 0.3) is 0 Å². The molecule has 0 aromatic heterocycles. The van der Waals surface area contributed by atoms with Crippen LogP contribution in [0.5, 0.6) is 0 Å². The predicted octanol–water partition coefficient (Wildman–Crippen LogP) is 3.75. The van der Waals surface area contributed by atoms with Crippen molar-refractivity contribution in [2.75, 3.05) is 16.8 Å². The van der Waals surface area contributed by atoms with Gasteiger partial charge in [0.1, 0.15) is 9.84 Å². The Kier molecular flexibility index (Phi) is 6.17. The first-order valence-corrected chi connectivity index (χ1v) is 9.24. The summed E-state index contributed by atoms with van der Waals surface area (Å²) in [5.41, 5.74) is 1.16. The van der Waals surface area contributed by atoms with Crippen LogP contribution in [-0.4, -0.2) is 25.3 Å². The van der Waals surface area contributed by atoms with E-state index in [4.69, 9.17) is 0 Å². The van der Waals surface area contributed by atoms with E-state index in [1.807, 2.05) is 24.3 Å². The SMILES string of the molecule is CCS(=O)(=O)CCC(CBr)c1ccccc1Br. The second-order valence-corrected chi connectivity index (χ2v) is 7.87. The normalized spacial score (nSPS) is 13.6. The third-order valence-electron chi connectivity index (χ3n) is 2.75. The number of rotatable bonds is 6. The van der Waals surface area contributed by atoms with Gasteiger partial charge in [-0.25, -0.2) is 8.42 Å². The van der Waals surface area contributed by atoms with Crippen molar-refractivity contribution < 1.29 is 8.42 Å². The number of hydrogen-bond donors (Lipinski definition) is 0. The zero-order valence-corrected chi connectivity index (χ0v) is 13.7. The van der Waals surface area contributed by atoms with Crippen molar-refractivity contribution in [2.24, 2.45) is 0 Å². The first-order chi connectivity index (χ1) is 8.00. The third kappa shape index (κ3) is 4.72. The van der Waals surface area contributed by atoms with Gasteiger partial charge in [-0.3, -0.25) is 0 Å². The molecule has 1 unspecified atom stereocenters. The van der Waals surface area contributed by atoms with E-state index in [1.54, 1.807) is 6.92 Å². The molecule has 2 nitrogen and oxygen atoms in total. The molecule has 1 atom stereocenters. The van der Waals surface area contributed by atoms with Crippen molar-refractivity contribution in [3.8, 4) is 0 Å². The summed E-state index contributed by atoms with van der Waals surface area (Å²) in [5.74, 6) is 0.700. The van der Waals surface area contributed by atoms with Gasteiger partial charge < -0.3 is 0 Å². The van der Waals surface area contributed by atoms with Crippen LogP contribution in [-0.2, 0) is 9.84 Å². The Morgan fingerprint density at radius 2 is 1.94 bits per heavy atom. The molecule has 0 saturated carbocycles. The highest BCUT2D eigenvalue weighted by atomic mass is 79.9. The third-order valence-corrected chi connectivity index (χ3v) is 5.99. The molecule has 0 spiro atoms. The van der Waals surface area contributed by atoms with Gasteiger partial charge in [0.25, 0.3) is 0 Å². The predicted molar refractivity (Wildman–Crippen MR) is 79.6 cm³/mol. The Labute approximate surface area is 120 Å². The quantitative estimate of drug-likeness (QED) is 0.701. The molecule has 0 aliphatic carbocycles. The standard InChI is InChI=1S/C12H16Br2O2S/c1-2-17(15,16)8-7-10(9-13)11-5-3-4-6-12(11)14/h3-6,10H,2,7-9H2,1H3. The molecule has 0 saturated heterocycles. The van der Waals surface area contributed by atoms with E-state index in [0.29, 0.717) is 6.42 Å². The van der Waals surface area contributed by atoms with Crippen LogP contribution >= 0.6 is 31.9 Å². The zero-order valence-electron chi connectivity index (χ0n) is 9.70. The first-order valence-electron chi connectivity index (χ1n) is 5.51. The topological polar surface area (TPSA) is 34.1 Å². The molecule has 17 heavy (non-hydrogen) atoms. The van der Waals surface area contributed by atoms with Gasteiger partial charge in [-0.15, -0.1) is 0 Å². The van der Waals surface area contributed by atoms with Gasteiger partial charge in [0.05, 0.1) is 5.75 Å². The van der Waals surface area contributed by atoms with Gasteiger partial charge in [-0.2, -0.15) is 0 Å². The lowest BCUT2D eigenvalue weighted by Crippen LogP contribution is -2.13. The number of halogens is 2. The number of sulfone groups is 1. The van der Waals surface area contributed by atoms with Crippen LogP contribution in [0, 0.1) is 0 Å². The Balaban J connectivity index is 2.77. The van der Waals surface area contributed by atoms with Gasteiger partial charge in [0, 0.05) is 15.6 Å². The van der Waals surface area contributed by atoms with Crippen molar-refractivity contribution in [3.05, 3.63) is 34.3 Å². The zero-order chi connectivity index (χ0) is 12.9. The lowest BCUT2D eigenvalue weighted by Gasteiger charge is -2.15. The molecule has 0 heterocycles. The molecular formula is C12H16Br2O2S. The van der Waals surface area contributed by atoms with Crippen molar-refractivity contribution in [1.29, 1.82) is 0 Å². The number of benzene rings is 1. The van der Waals surface area contributed by atoms with Gasteiger partial charge >= 0.3 is 0 Å². The Bertz CT molecular complexity index is 457. The van der Waals surface area contributed by atoms with Gasteiger partial charge in [-0.1, -0.05) is 57.0 Å².